The summed E-state index contributed by atoms with van der Waals surface area (Å²) >= 11 is 4.19. The molecule has 0 spiro atoms. The van der Waals surface area contributed by atoms with Crippen molar-refractivity contribution in [2.24, 2.45) is 0 Å². The quantitative estimate of drug-likeness (QED) is 0.382. The first-order chi connectivity index (χ1) is 6.97. The molecule has 0 fully saturated rings. The van der Waals surface area contributed by atoms with Gasteiger partial charge in [-0.15, -0.1) is 0 Å². The molecule has 98 valence electrons. The SMILES string of the molecule is O=P(O)(O)OP(=O)(O)OP(O)(=S)OCCO. The maximum absolute atomic E-state index is 10.9. The Morgan fingerprint density at radius 3 is 1.94 bits per heavy atom. The van der Waals surface area contributed by atoms with E-state index in [1.807, 2.05) is 0 Å². The van der Waals surface area contributed by atoms with Gasteiger partial charge in [0.2, 0.25) is 0 Å². The highest BCUT2D eigenvalue weighted by Gasteiger charge is 2.38. The second-order valence-electron chi connectivity index (χ2n) is 2.15. The minimum Gasteiger partial charge on any atom is -0.394 e. The van der Waals surface area contributed by atoms with Crippen LogP contribution in [0.5, 0.6) is 0 Å². The Balaban J connectivity index is 4.52. The highest BCUT2D eigenvalue weighted by Crippen LogP contribution is 2.66. The van der Waals surface area contributed by atoms with Crippen LogP contribution in [0.2, 0.25) is 0 Å². The van der Waals surface area contributed by atoms with E-state index in [2.05, 4.69) is 25.0 Å². The van der Waals surface area contributed by atoms with Gasteiger partial charge in [0, 0.05) is 0 Å². The highest BCUT2D eigenvalue weighted by atomic mass is 32.5. The molecule has 2 atom stereocenters. The van der Waals surface area contributed by atoms with Crippen LogP contribution in [0.15, 0.2) is 0 Å². The monoisotopic (exact) mass is 318 g/mol. The molecule has 0 bridgehead atoms. The standard InChI is InChI=1S/C2H9O10P3S/c3-1-2-10-15(9,16)12-14(7,8)11-13(4,5)6/h3H,1-2H2,(H,7,8)(H,9,16)(H2,4,5,6). The molecule has 14 heteroatoms. The van der Waals surface area contributed by atoms with Crippen LogP contribution in [0.4, 0.5) is 0 Å². The number of hydrogen-bond donors (Lipinski definition) is 5. The number of rotatable bonds is 7. The minimum atomic E-state index is -5.28. The van der Waals surface area contributed by atoms with Crippen molar-refractivity contribution in [1.29, 1.82) is 0 Å². The predicted molar refractivity (Wildman–Crippen MR) is 53.6 cm³/mol. The number of aliphatic hydroxyl groups is 1. The first-order valence-corrected chi connectivity index (χ1v) is 8.98. The average molecular weight is 318 g/mol. The molecule has 0 amide bonds. The Morgan fingerprint density at radius 2 is 1.56 bits per heavy atom. The Morgan fingerprint density at radius 1 is 1.06 bits per heavy atom. The lowest BCUT2D eigenvalue weighted by molar-refractivity contribution is 0.168. The van der Waals surface area contributed by atoms with Gasteiger partial charge in [-0.05, 0) is 11.8 Å². The van der Waals surface area contributed by atoms with E-state index < -0.39 is 35.6 Å². The van der Waals surface area contributed by atoms with Crippen molar-refractivity contribution in [1.82, 2.24) is 0 Å². The molecule has 0 heterocycles. The van der Waals surface area contributed by atoms with Crippen LogP contribution in [-0.2, 0) is 34.1 Å². The molecule has 0 aromatic heterocycles. The zero-order valence-electron chi connectivity index (χ0n) is 7.44. The van der Waals surface area contributed by atoms with Gasteiger partial charge in [-0.2, -0.15) is 4.31 Å². The Bertz CT molecular complexity index is 359. The third-order valence-electron chi connectivity index (χ3n) is 0.762. The molecule has 0 rings (SSSR count). The Hall–Kier alpha value is 0.790. The summed E-state index contributed by atoms with van der Waals surface area (Å²) in [6.45, 7) is -5.25. The number of phosphoric acid groups is 2. The van der Waals surface area contributed by atoms with Gasteiger partial charge < -0.3 is 29.2 Å². The van der Waals surface area contributed by atoms with Crippen molar-refractivity contribution in [2.75, 3.05) is 13.2 Å². The fourth-order valence-corrected chi connectivity index (χ4v) is 4.45. The van der Waals surface area contributed by atoms with E-state index in [0.29, 0.717) is 0 Å². The van der Waals surface area contributed by atoms with Gasteiger partial charge in [0.15, 0.2) is 0 Å². The van der Waals surface area contributed by atoms with Crippen LogP contribution in [0, 0.1) is 0 Å². The van der Waals surface area contributed by atoms with Crippen LogP contribution in [0.3, 0.4) is 0 Å². The topological polar surface area (TPSA) is 163 Å². The van der Waals surface area contributed by atoms with Gasteiger partial charge in [0.1, 0.15) is 0 Å². The lowest BCUT2D eigenvalue weighted by Crippen LogP contribution is -2.00. The summed E-state index contributed by atoms with van der Waals surface area (Å²) in [6.07, 6.45) is 0. The molecule has 0 aliphatic rings. The molecule has 2 unspecified atom stereocenters. The summed E-state index contributed by atoms with van der Waals surface area (Å²) in [5.41, 5.74) is 0. The highest BCUT2D eigenvalue weighted by molar-refractivity contribution is 8.08. The average Bonchev–Trinajstić information content (AvgIpc) is 1.93. The van der Waals surface area contributed by atoms with Crippen molar-refractivity contribution in [3.05, 3.63) is 0 Å². The molecule has 0 saturated carbocycles. The maximum atomic E-state index is 10.9. The third-order valence-corrected chi connectivity index (χ3v) is 5.51. The second-order valence-corrected chi connectivity index (χ2v) is 7.95. The van der Waals surface area contributed by atoms with Crippen molar-refractivity contribution in [2.45, 2.75) is 0 Å². The van der Waals surface area contributed by atoms with E-state index in [0.717, 1.165) is 0 Å². The number of aliphatic hydroxyl groups excluding tert-OH is 1. The Labute approximate surface area is 94.9 Å². The normalized spacial score (nSPS) is 20.1. The van der Waals surface area contributed by atoms with Crippen molar-refractivity contribution >= 4 is 34.2 Å². The fourth-order valence-electron chi connectivity index (χ4n) is 0.459. The van der Waals surface area contributed by atoms with E-state index >= 15 is 0 Å². The predicted octanol–water partition coefficient (Wildman–Crippen LogP) is -0.562. The number of hydrogen-bond acceptors (Lipinski definition) is 7. The van der Waals surface area contributed by atoms with Crippen LogP contribution < -0.4 is 0 Å². The van der Waals surface area contributed by atoms with Gasteiger partial charge >= 0.3 is 22.4 Å². The molecule has 5 N–H and O–H groups in total. The molecule has 0 aliphatic carbocycles. The minimum absolute atomic E-state index is 0.482. The van der Waals surface area contributed by atoms with E-state index in [1.165, 1.54) is 0 Å². The lowest BCUT2D eigenvalue weighted by Gasteiger charge is -2.18. The van der Waals surface area contributed by atoms with Crippen LogP contribution >= 0.6 is 22.4 Å². The third kappa shape index (κ3) is 8.89. The van der Waals surface area contributed by atoms with E-state index in [-0.39, 0.29) is 0 Å². The van der Waals surface area contributed by atoms with E-state index in [1.54, 1.807) is 0 Å². The molecular formula is C2H9O10P3S. The summed E-state index contributed by atoms with van der Waals surface area (Å²) in [4.78, 5) is 34.3. The van der Waals surface area contributed by atoms with Gasteiger partial charge in [0.05, 0.1) is 13.2 Å². The molecular weight excluding hydrogens is 309 g/mol. The van der Waals surface area contributed by atoms with Gasteiger partial charge in [-0.25, -0.2) is 13.4 Å². The van der Waals surface area contributed by atoms with Crippen LogP contribution in [0.25, 0.3) is 0 Å². The molecule has 0 aromatic rings. The maximum Gasteiger partial charge on any atom is 0.488 e. The molecule has 0 radical (unpaired) electrons. The summed E-state index contributed by atoms with van der Waals surface area (Å²) in [5, 5.41) is 8.31. The van der Waals surface area contributed by atoms with Crippen molar-refractivity contribution in [3.8, 4) is 0 Å². The van der Waals surface area contributed by atoms with Crippen molar-refractivity contribution < 1.29 is 47.0 Å². The molecule has 0 aromatic carbocycles. The molecule has 0 aliphatic heterocycles. The first kappa shape index (κ1) is 16.8. The van der Waals surface area contributed by atoms with Crippen LogP contribution in [-0.4, -0.2) is 37.9 Å². The van der Waals surface area contributed by atoms with Gasteiger partial charge in [-0.3, -0.25) is 0 Å². The summed E-state index contributed by atoms with van der Waals surface area (Å²) in [6, 6.07) is 0. The zero-order chi connectivity index (χ0) is 13.0. The van der Waals surface area contributed by atoms with Crippen LogP contribution in [0.1, 0.15) is 0 Å². The van der Waals surface area contributed by atoms with E-state index in [9.17, 15) is 9.13 Å². The van der Waals surface area contributed by atoms with Crippen molar-refractivity contribution in [3.63, 3.8) is 0 Å². The van der Waals surface area contributed by atoms with Gasteiger partial charge in [0.25, 0.3) is 0 Å². The lowest BCUT2D eigenvalue weighted by atomic mass is 10.8. The zero-order valence-corrected chi connectivity index (χ0v) is 10.9. The summed E-state index contributed by atoms with van der Waals surface area (Å²) < 4.78 is 32.6. The smallest absolute Gasteiger partial charge is 0.394 e. The largest absolute Gasteiger partial charge is 0.488 e. The first-order valence-electron chi connectivity index (χ1n) is 3.37. The molecule has 0 saturated heterocycles. The fraction of sp³-hybridized carbons (Fsp3) is 1.00. The summed E-state index contributed by atoms with van der Waals surface area (Å²) in [5.74, 6) is 0. The Kier molecular flexibility index (Phi) is 6.40. The molecule has 10 nitrogen and oxygen atoms in total. The van der Waals surface area contributed by atoms with Gasteiger partial charge in [-0.1, -0.05) is 0 Å². The molecule has 16 heavy (non-hydrogen) atoms. The summed E-state index contributed by atoms with van der Waals surface area (Å²) in [7, 11) is -10.5. The van der Waals surface area contributed by atoms with E-state index in [4.69, 9.17) is 24.7 Å². The second kappa shape index (κ2) is 6.10.